The highest BCUT2D eigenvalue weighted by atomic mass is 35.5. The molecule has 2 heterocycles. The number of hydrogen-bond acceptors (Lipinski definition) is 3. The lowest BCUT2D eigenvalue weighted by atomic mass is 10.2. The van der Waals surface area contributed by atoms with Crippen LogP contribution in [0.25, 0.3) is 5.52 Å². The molecule has 7 heteroatoms. The molecule has 0 radical (unpaired) electrons. The largest absolute Gasteiger partial charge is 0.340 e. The van der Waals surface area contributed by atoms with Crippen LogP contribution < -0.4 is 5.32 Å². The summed E-state index contributed by atoms with van der Waals surface area (Å²) in [4.78, 5) is 31.6. The number of pyridine rings is 1. The van der Waals surface area contributed by atoms with Crippen LogP contribution >= 0.6 is 11.6 Å². The van der Waals surface area contributed by atoms with Crippen LogP contribution in [-0.2, 0) is 0 Å². The van der Waals surface area contributed by atoms with E-state index in [1.807, 2.05) is 6.07 Å². The smallest absolute Gasteiger partial charge is 0.292 e. The molecule has 0 aliphatic heterocycles. The number of anilines is 1. The Morgan fingerprint density at radius 1 is 1.19 bits per heavy atom. The Bertz CT molecular complexity index is 983. The van der Waals surface area contributed by atoms with Crippen LogP contribution in [0.5, 0.6) is 0 Å². The molecule has 140 valence electrons. The van der Waals surface area contributed by atoms with Gasteiger partial charge in [0, 0.05) is 19.8 Å². The number of halogens is 1. The van der Waals surface area contributed by atoms with Gasteiger partial charge in [-0.05, 0) is 30.7 Å². The van der Waals surface area contributed by atoms with Gasteiger partial charge in [-0.1, -0.05) is 43.1 Å². The number of benzene rings is 1. The third kappa shape index (κ3) is 3.95. The third-order valence-electron chi connectivity index (χ3n) is 4.27. The second-order valence-electron chi connectivity index (χ2n) is 6.25. The number of carbonyl (C=O) groups is 2. The normalized spacial score (nSPS) is 10.8. The lowest BCUT2D eigenvalue weighted by molar-refractivity contribution is 0.0790. The Morgan fingerprint density at radius 2 is 1.93 bits per heavy atom. The molecule has 0 saturated carbocycles. The minimum absolute atomic E-state index is 0.137. The molecular formula is C20H21ClN4O2. The maximum Gasteiger partial charge on any atom is 0.292 e. The molecule has 0 saturated heterocycles. The zero-order valence-corrected chi connectivity index (χ0v) is 16.0. The molecule has 2 amide bonds. The fourth-order valence-electron chi connectivity index (χ4n) is 2.77. The van der Waals surface area contributed by atoms with Gasteiger partial charge in [0.25, 0.3) is 11.8 Å². The summed E-state index contributed by atoms with van der Waals surface area (Å²) in [6, 6.07) is 12.3. The van der Waals surface area contributed by atoms with E-state index in [1.165, 1.54) is 0 Å². The van der Waals surface area contributed by atoms with Crippen molar-refractivity contribution in [1.29, 1.82) is 0 Å². The highest BCUT2D eigenvalue weighted by Crippen LogP contribution is 2.22. The van der Waals surface area contributed by atoms with Gasteiger partial charge < -0.3 is 10.2 Å². The number of fused-ring (bicyclic) bond motifs is 1. The van der Waals surface area contributed by atoms with Crippen LogP contribution in [0.2, 0.25) is 5.02 Å². The van der Waals surface area contributed by atoms with Gasteiger partial charge in [-0.15, -0.1) is 0 Å². The molecular weight excluding hydrogens is 364 g/mol. The van der Waals surface area contributed by atoms with E-state index < -0.39 is 5.91 Å². The summed E-state index contributed by atoms with van der Waals surface area (Å²) in [7, 11) is 1.75. The van der Waals surface area contributed by atoms with Crippen molar-refractivity contribution in [2.24, 2.45) is 0 Å². The SMILES string of the molecule is CCCCN(C)C(=O)c1nc(C(=O)Nc2ccccc2Cl)n2ccccc12. The van der Waals surface area contributed by atoms with Crippen LogP contribution in [-0.4, -0.2) is 39.7 Å². The highest BCUT2D eigenvalue weighted by Gasteiger charge is 2.23. The number of carbonyl (C=O) groups excluding carboxylic acids is 2. The fraction of sp³-hybridized carbons (Fsp3) is 0.250. The zero-order valence-electron chi connectivity index (χ0n) is 15.3. The predicted octanol–water partition coefficient (Wildman–Crippen LogP) is 4.11. The number of amides is 2. The van der Waals surface area contributed by atoms with E-state index >= 15 is 0 Å². The van der Waals surface area contributed by atoms with Gasteiger partial charge in [-0.2, -0.15) is 0 Å². The summed E-state index contributed by atoms with van der Waals surface area (Å²) in [5.41, 5.74) is 1.35. The second-order valence-corrected chi connectivity index (χ2v) is 6.66. The molecule has 0 fully saturated rings. The molecule has 3 aromatic rings. The first kappa shape index (κ1) is 18.9. The molecule has 0 atom stereocenters. The molecule has 3 rings (SSSR count). The molecule has 2 aromatic heterocycles. The van der Waals surface area contributed by atoms with Crippen molar-refractivity contribution in [2.75, 3.05) is 18.9 Å². The third-order valence-corrected chi connectivity index (χ3v) is 4.60. The van der Waals surface area contributed by atoms with E-state index in [-0.39, 0.29) is 17.4 Å². The number of imidazole rings is 1. The number of aromatic nitrogens is 2. The van der Waals surface area contributed by atoms with E-state index in [0.29, 0.717) is 22.8 Å². The van der Waals surface area contributed by atoms with Crippen molar-refractivity contribution in [2.45, 2.75) is 19.8 Å². The number of para-hydroxylation sites is 1. The van der Waals surface area contributed by atoms with Crippen molar-refractivity contribution in [3.05, 3.63) is 65.2 Å². The Kier molecular flexibility index (Phi) is 5.76. The van der Waals surface area contributed by atoms with Crippen LogP contribution in [0.4, 0.5) is 5.69 Å². The number of hydrogen-bond donors (Lipinski definition) is 1. The molecule has 6 nitrogen and oxygen atoms in total. The van der Waals surface area contributed by atoms with Gasteiger partial charge in [-0.3, -0.25) is 14.0 Å². The summed E-state index contributed by atoms with van der Waals surface area (Å²) in [5, 5.41) is 3.19. The zero-order chi connectivity index (χ0) is 19.4. The first-order valence-electron chi connectivity index (χ1n) is 8.81. The monoisotopic (exact) mass is 384 g/mol. The predicted molar refractivity (Wildman–Crippen MR) is 106 cm³/mol. The number of unbranched alkanes of at least 4 members (excludes halogenated alkanes) is 1. The van der Waals surface area contributed by atoms with E-state index in [1.54, 1.807) is 58.9 Å². The minimum atomic E-state index is -0.431. The minimum Gasteiger partial charge on any atom is -0.340 e. The van der Waals surface area contributed by atoms with Crippen molar-refractivity contribution in [3.8, 4) is 0 Å². The van der Waals surface area contributed by atoms with E-state index in [0.717, 1.165) is 12.8 Å². The van der Waals surface area contributed by atoms with Crippen LogP contribution in [0, 0.1) is 0 Å². The van der Waals surface area contributed by atoms with Crippen LogP contribution in [0.15, 0.2) is 48.7 Å². The molecule has 27 heavy (non-hydrogen) atoms. The Balaban J connectivity index is 1.96. The average Bonchev–Trinajstić information content (AvgIpc) is 3.07. The first-order valence-corrected chi connectivity index (χ1v) is 9.19. The number of nitrogens with zero attached hydrogens (tertiary/aromatic N) is 3. The molecule has 0 spiro atoms. The van der Waals surface area contributed by atoms with Crippen molar-refractivity contribution < 1.29 is 9.59 Å². The fourth-order valence-corrected chi connectivity index (χ4v) is 2.96. The Hall–Kier alpha value is -2.86. The Morgan fingerprint density at radius 3 is 2.67 bits per heavy atom. The molecule has 0 bridgehead atoms. The standard InChI is InChI=1S/C20H21ClN4O2/c1-3-4-12-24(2)20(27)17-16-11-7-8-13-25(16)18(23-17)19(26)22-15-10-6-5-9-14(15)21/h5-11,13H,3-4,12H2,1-2H3,(H,22,26). The van der Waals surface area contributed by atoms with E-state index in [2.05, 4.69) is 17.2 Å². The highest BCUT2D eigenvalue weighted by molar-refractivity contribution is 6.33. The van der Waals surface area contributed by atoms with Gasteiger partial charge in [-0.25, -0.2) is 4.98 Å². The average molecular weight is 385 g/mol. The number of rotatable bonds is 6. The maximum atomic E-state index is 12.8. The molecule has 0 aliphatic rings. The number of nitrogens with one attached hydrogen (secondary N) is 1. The van der Waals surface area contributed by atoms with E-state index in [9.17, 15) is 9.59 Å². The van der Waals surface area contributed by atoms with Gasteiger partial charge in [0.15, 0.2) is 5.69 Å². The van der Waals surface area contributed by atoms with Crippen LogP contribution in [0.3, 0.4) is 0 Å². The lowest BCUT2D eigenvalue weighted by Crippen LogP contribution is -2.28. The summed E-state index contributed by atoms with van der Waals surface area (Å²) in [6.07, 6.45) is 3.62. The molecule has 1 aromatic carbocycles. The summed E-state index contributed by atoms with van der Waals surface area (Å²) >= 11 is 6.12. The second kappa shape index (κ2) is 8.22. The first-order chi connectivity index (χ1) is 13.0. The van der Waals surface area contributed by atoms with Gasteiger partial charge in [0.1, 0.15) is 0 Å². The summed E-state index contributed by atoms with van der Waals surface area (Å²) in [6.45, 7) is 2.71. The van der Waals surface area contributed by atoms with Crippen molar-refractivity contribution >= 4 is 34.6 Å². The van der Waals surface area contributed by atoms with Crippen LogP contribution in [0.1, 0.15) is 40.9 Å². The molecule has 0 unspecified atom stereocenters. The molecule has 1 N–H and O–H groups in total. The van der Waals surface area contributed by atoms with Crippen molar-refractivity contribution in [1.82, 2.24) is 14.3 Å². The van der Waals surface area contributed by atoms with E-state index in [4.69, 9.17) is 11.6 Å². The molecule has 0 aliphatic carbocycles. The van der Waals surface area contributed by atoms with Crippen molar-refractivity contribution in [3.63, 3.8) is 0 Å². The van der Waals surface area contributed by atoms with Gasteiger partial charge in [0.05, 0.1) is 16.2 Å². The summed E-state index contributed by atoms with van der Waals surface area (Å²) in [5.74, 6) is -0.499. The quantitative estimate of drug-likeness (QED) is 0.695. The Labute approximate surface area is 162 Å². The maximum absolute atomic E-state index is 12.8. The summed E-state index contributed by atoms with van der Waals surface area (Å²) < 4.78 is 1.62. The van der Waals surface area contributed by atoms with Gasteiger partial charge >= 0.3 is 0 Å². The topological polar surface area (TPSA) is 66.7 Å². The lowest BCUT2D eigenvalue weighted by Gasteiger charge is -2.15. The van der Waals surface area contributed by atoms with Gasteiger partial charge in [0.2, 0.25) is 5.82 Å².